The van der Waals surface area contributed by atoms with Crippen molar-refractivity contribution in [3.63, 3.8) is 0 Å². The van der Waals surface area contributed by atoms with E-state index in [0.29, 0.717) is 16.7 Å². The molecular weight excluding hydrogens is 363 g/mol. The number of hydrogen-bond donors (Lipinski definition) is 2. The Morgan fingerprint density at radius 2 is 1.95 bits per heavy atom. The molecule has 10 heteroatoms. The van der Waals surface area contributed by atoms with E-state index in [9.17, 15) is 13.2 Å². The fourth-order valence-corrected chi connectivity index (χ4v) is 4.01. The quantitative estimate of drug-likeness (QED) is 0.695. The summed E-state index contributed by atoms with van der Waals surface area (Å²) < 4.78 is 34.0. The van der Waals surface area contributed by atoms with E-state index < -0.39 is 37.0 Å². The molecule has 8 nitrogen and oxygen atoms in total. The molecule has 0 aliphatic heterocycles. The van der Waals surface area contributed by atoms with Gasteiger partial charge in [-0.25, -0.2) is 0 Å². The van der Waals surface area contributed by atoms with Crippen LogP contribution in [0.3, 0.4) is 0 Å². The summed E-state index contributed by atoms with van der Waals surface area (Å²) in [5, 5.41) is 11.7. The van der Waals surface area contributed by atoms with Crippen LogP contribution in [0.1, 0.15) is 6.92 Å². The summed E-state index contributed by atoms with van der Waals surface area (Å²) in [4.78, 5) is 11.0. The number of carboxylic acids is 1. The van der Waals surface area contributed by atoms with Gasteiger partial charge in [-0.15, -0.1) is 0 Å². The van der Waals surface area contributed by atoms with Gasteiger partial charge in [0.2, 0.25) is 0 Å². The fraction of sp³-hybridized carbons (Fsp3) is 0.364. The summed E-state index contributed by atoms with van der Waals surface area (Å²) in [7, 11) is -0.734. The second kappa shape index (κ2) is 5.72. The Morgan fingerprint density at radius 1 is 1.33 bits per heavy atom. The number of anilines is 1. The minimum absolute atomic E-state index is 0.0825. The summed E-state index contributed by atoms with van der Waals surface area (Å²) >= 11 is -0.427. The van der Waals surface area contributed by atoms with Gasteiger partial charge in [0.05, 0.1) is 0 Å². The molecular formula is C11H14N4O4SSe. The first kappa shape index (κ1) is 15.9. The zero-order valence-corrected chi connectivity index (χ0v) is 14.1. The summed E-state index contributed by atoms with van der Waals surface area (Å²) in [5.74, 6) is -1.01. The standard InChI is InChI=1S/C11H14N4O4SSe/c1-6(11(16)17)12-7-4-5-8(20(18,19)15(2)3)10-9(7)13-21-14-10/h4-6,12H,1-3H3,(H,16,17)/t6-/m0/s1. The Bertz CT molecular complexity index is 787. The fourth-order valence-electron chi connectivity index (χ4n) is 1.66. The molecule has 0 saturated carbocycles. The van der Waals surface area contributed by atoms with Crippen molar-refractivity contribution in [1.29, 1.82) is 0 Å². The maximum absolute atomic E-state index is 12.3. The second-order valence-electron chi connectivity index (χ2n) is 4.56. The molecule has 1 heterocycles. The minimum atomic E-state index is -3.62. The van der Waals surface area contributed by atoms with E-state index in [1.165, 1.54) is 33.2 Å². The summed E-state index contributed by atoms with van der Waals surface area (Å²) in [6.45, 7) is 1.50. The van der Waals surface area contributed by atoms with Crippen LogP contribution in [0.25, 0.3) is 11.0 Å². The molecule has 0 radical (unpaired) electrons. The molecule has 0 amide bonds. The molecule has 2 rings (SSSR count). The average molecular weight is 377 g/mol. The number of carboxylic acid groups (broad SMARTS) is 1. The van der Waals surface area contributed by atoms with Crippen molar-refractivity contribution in [3.8, 4) is 0 Å². The Morgan fingerprint density at radius 3 is 2.52 bits per heavy atom. The molecule has 1 aromatic heterocycles. The van der Waals surface area contributed by atoms with Gasteiger partial charge in [0.1, 0.15) is 0 Å². The summed E-state index contributed by atoms with van der Waals surface area (Å²) in [6, 6.07) is 2.13. The molecule has 0 aliphatic rings. The van der Waals surface area contributed by atoms with Gasteiger partial charge >= 0.3 is 128 Å². The van der Waals surface area contributed by atoms with E-state index >= 15 is 0 Å². The van der Waals surface area contributed by atoms with Crippen LogP contribution < -0.4 is 5.32 Å². The number of aromatic nitrogens is 2. The average Bonchev–Trinajstić information content (AvgIpc) is 2.87. The molecule has 0 aliphatic carbocycles. The summed E-state index contributed by atoms with van der Waals surface area (Å²) in [5.41, 5.74) is 1.18. The molecule has 2 aromatic rings. The van der Waals surface area contributed by atoms with Gasteiger partial charge in [-0.3, -0.25) is 0 Å². The van der Waals surface area contributed by atoms with Crippen molar-refractivity contribution in [2.24, 2.45) is 0 Å². The zero-order chi connectivity index (χ0) is 15.8. The molecule has 0 saturated heterocycles. The Balaban J connectivity index is 2.57. The van der Waals surface area contributed by atoms with Crippen LogP contribution in [0.4, 0.5) is 5.69 Å². The SMILES string of the molecule is C[C@H](Nc1ccc(S(=O)(=O)N(C)C)c2n[se]nc12)C(=O)O. The van der Waals surface area contributed by atoms with Crippen molar-refractivity contribution in [3.05, 3.63) is 12.1 Å². The van der Waals surface area contributed by atoms with E-state index in [1.807, 2.05) is 0 Å². The van der Waals surface area contributed by atoms with E-state index in [0.717, 1.165) is 4.31 Å². The van der Waals surface area contributed by atoms with Crippen LogP contribution in [-0.2, 0) is 14.8 Å². The van der Waals surface area contributed by atoms with Crippen LogP contribution in [-0.4, -0.2) is 66.9 Å². The normalized spacial score (nSPS) is 13.5. The number of benzene rings is 1. The Labute approximate surface area is 128 Å². The first-order valence-electron chi connectivity index (χ1n) is 5.92. The van der Waals surface area contributed by atoms with Gasteiger partial charge in [-0.05, 0) is 0 Å². The third kappa shape index (κ3) is 2.93. The number of rotatable bonds is 5. The van der Waals surface area contributed by atoms with Crippen LogP contribution in [0.15, 0.2) is 17.0 Å². The van der Waals surface area contributed by atoms with E-state index in [4.69, 9.17) is 5.11 Å². The number of fused-ring (bicyclic) bond motifs is 1. The van der Waals surface area contributed by atoms with Gasteiger partial charge in [-0.2, -0.15) is 0 Å². The topological polar surface area (TPSA) is 112 Å². The molecule has 2 N–H and O–H groups in total. The predicted molar refractivity (Wildman–Crippen MR) is 78.1 cm³/mol. The van der Waals surface area contributed by atoms with Crippen molar-refractivity contribution >= 4 is 47.7 Å². The molecule has 0 bridgehead atoms. The van der Waals surface area contributed by atoms with E-state index in [-0.39, 0.29) is 4.90 Å². The van der Waals surface area contributed by atoms with Crippen molar-refractivity contribution in [2.75, 3.05) is 19.4 Å². The van der Waals surface area contributed by atoms with Gasteiger partial charge in [0.25, 0.3) is 0 Å². The maximum atomic E-state index is 12.3. The summed E-state index contributed by atoms with van der Waals surface area (Å²) in [6.07, 6.45) is 0. The molecule has 1 aromatic carbocycles. The monoisotopic (exact) mass is 378 g/mol. The van der Waals surface area contributed by atoms with Crippen LogP contribution in [0.2, 0.25) is 0 Å². The van der Waals surface area contributed by atoms with Crippen LogP contribution in [0, 0.1) is 0 Å². The Kier molecular flexibility index (Phi) is 4.33. The number of aliphatic carboxylic acids is 1. The molecule has 114 valence electrons. The molecule has 1 atom stereocenters. The van der Waals surface area contributed by atoms with E-state index in [1.54, 1.807) is 0 Å². The van der Waals surface area contributed by atoms with Gasteiger partial charge in [0, 0.05) is 0 Å². The third-order valence-corrected chi connectivity index (χ3v) is 5.83. The first-order valence-corrected chi connectivity index (χ1v) is 8.89. The number of nitrogens with one attached hydrogen (secondary N) is 1. The van der Waals surface area contributed by atoms with Gasteiger partial charge in [0.15, 0.2) is 0 Å². The van der Waals surface area contributed by atoms with Gasteiger partial charge in [-0.1, -0.05) is 0 Å². The number of sulfonamides is 1. The van der Waals surface area contributed by atoms with E-state index in [2.05, 4.69) is 13.3 Å². The van der Waals surface area contributed by atoms with Crippen LogP contribution in [0.5, 0.6) is 0 Å². The first-order chi connectivity index (χ1) is 9.75. The molecule has 21 heavy (non-hydrogen) atoms. The second-order valence-corrected chi connectivity index (χ2v) is 7.79. The molecule has 0 unspecified atom stereocenters. The van der Waals surface area contributed by atoms with Gasteiger partial charge < -0.3 is 0 Å². The molecule has 0 fully saturated rings. The Hall–Kier alpha value is -1.48. The number of hydrogen-bond acceptors (Lipinski definition) is 6. The predicted octanol–water partition coefficient (Wildman–Crippen LogP) is -0.178. The number of carbonyl (C=O) groups is 1. The van der Waals surface area contributed by atoms with Crippen LogP contribution >= 0.6 is 0 Å². The van der Waals surface area contributed by atoms with Crippen molar-refractivity contribution in [2.45, 2.75) is 17.9 Å². The number of nitrogens with zero attached hydrogens (tertiary/aromatic N) is 3. The third-order valence-electron chi connectivity index (χ3n) is 2.88. The molecule has 0 spiro atoms. The van der Waals surface area contributed by atoms with Crippen molar-refractivity contribution < 1.29 is 18.3 Å². The zero-order valence-electron chi connectivity index (χ0n) is 11.6. The van der Waals surface area contributed by atoms with Crippen molar-refractivity contribution in [1.82, 2.24) is 12.3 Å².